The summed E-state index contributed by atoms with van der Waals surface area (Å²) in [6.45, 7) is 1.22. The zero-order valence-electron chi connectivity index (χ0n) is 10.8. The first kappa shape index (κ1) is 16.5. The summed E-state index contributed by atoms with van der Waals surface area (Å²) >= 11 is 0. The summed E-state index contributed by atoms with van der Waals surface area (Å²) in [6.07, 6.45) is -4.98. The van der Waals surface area contributed by atoms with Crippen molar-refractivity contribution in [3.63, 3.8) is 0 Å². The zero-order valence-corrected chi connectivity index (χ0v) is 10.8. The Morgan fingerprint density at radius 1 is 1.33 bits per heavy atom. The number of esters is 1. The summed E-state index contributed by atoms with van der Waals surface area (Å²) in [5.41, 5.74) is -2.88. The predicted molar refractivity (Wildman–Crippen MR) is 65.3 cm³/mol. The minimum absolute atomic E-state index is 0.124. The summed E-state index contributed by atoms with van der Waals surface area (Å²) in [5.74, 6) is -2.02. The van der Waals surface area contributed by atoms with Crippen LogP contribution in [0.25, 0.3) is 0 Å². The number of carbonyl (C=O) groups is 1. The van der Waals surface area contributed by atoms with Crippen LogP contribution in [-0.2, 0) is 9.53 Å². The summed E-state index contributed by atoms with van der Waals surface area (Å²) in [4.78, 5) is 11.4. The van der Waals surface area contributed by atoms with Crippen molar-refractivity contribution in [1.29, 1.82) is 5.26 Å². The van der Waals surface area contributed by atoms with E-state index in [2.05, 4.69) is 4.74 Å². The fourth-order valence-electron chi connectivity index (χ4n) is 1.36. The molecular weight excluding hydrogens is 292 g/mol. The molecule has 0 saturated heterocycles. The SMILES string of the molecule is CCOC(=O)C(C#N)=C(Nc1ccc(F)cc1)C(F)(F)F. The molecule has 1 rings (SSSR count). The number of nitrogens with one attached hydrogen (secondary N) is 1. The van der Waals surface area contributed by atoms with Crippen molar-refractivity contribution in [3.8, 4) is 6.07 Å². The van der Waals surface area contributed by atoms with E-state index in [0.717, 1.165) is 24.3 Å². The molecule has 0 aliphatic rings. The summed E-state index contributed by atoms with van der Waals surface area (Å²) in [5, 5.41) is 10.7. The van der Waals surface area contributed by atoms with Gasteiger partial charge >= 0.3 is 12.1 Å². The van der Waals surface area contributed by atoms with Crippen molar-refractivity contribution in [2.24, 2.45) is 0 Å². The van der Waals surface area contributed by atoms with Crippen LogP contribution in [0.3, 0.4) is 0 Å². The number of carbonyl (C=O) groups excluding carboxylic acids is 1. The second kappa shape index (κ2) is 6.74. The average Bonchev–Trinajstić information content (AvgIpc) is 2.40. The van der Waals surface area contributed by atoms with E-state index in [1.807, 2.05) is 5.32 Å². The molecule has 1 aromatic rings. The Morgan fingerprint density at radius 3 is 2.33 bits per heavy atom. The number of nitrogens with zero attached hydrogens (tertiary/aromatic N) is 1. The second-order valence-electron chi connectivity index (χ2n) is 3.71. The van der Waals surface area contributed by atoms with Crippen LogP contribution in [0.15, 0.2) is 35.5 Å². The fourth-order valence-corrected chi connectivity index (χ4v) is 1.36. The quantitative estimate of drug-likeness (QED) is 0.402. The Balaban J connectivity index is 3.25. The van der Waals surface area contributed by atoms with E-state index in [9.17, 15) is 22.4 Å². The molecule has 0 radical (unpaired) electrons. The molecule has 0 aliphatic carbocycles. The third-order valence-electron chi connectivity index (χ3n) is 2.24. The summed E-state index contributed by atoms with van der Waals surface area (Å²) < 4.78 is 56.0. The molecule has 8 heteroatoms. The molecule has 4 nitrogen and oxygen atoms in total. The molecule has 0 spiro atoms. The number of nitriles is 1. The maximum atomic E-state index is 13.0. The maximum Gasteiger partial charge on any atom is 0.432 e. The lowest BCUT2D eigenvalue weighted by Crippen LogP contribution is -2.24. The molecular formula is C13H10F4N2O2. The van der Waals surface area contributed by atoms with Gasteiger partial charge in [-0.15, -0.1) is 0 Å². The highest BCUT2D eigenvalue weighted by Gasteiger charge is 2.39. The summed E-state index contributed by atoms with van der Waals surface area (Å²) in [7, 11) is 0. The van der Waals surface area contributed by atoms with Crippen molar-refractivity contribution in [2.45, 2.75) is 13.1 Å². The van der Waals surface area contributed by atoms with Gasteiger partial charge in [0.1, 0.15) is 17.6 Å². The van der Waals surface area contributed by atoms with Crippen LogP contribution in [0.2, 0.25) is 0 Å². The monoisotopic (exact) mass is 302 g/mol. The Labute approximate surface area is 117 Å². The Kier molecular flexibility index (Phi) is 5.30. The van der Waals surface area contributed by atoms with Crippen LogP contribution in [0.4, 0.5) is 23.2 Å². The molecule has 0 heterocycles. The van der Waals surface area contributed by atoms with E-state index < -0.39 is 29.2 Å². The number of halogens is 4. The van der Waals surface area contributed by atoms with E-state index in [4.69, 9.17) is 5.26 Å². The van der Waals surface area contributed by atoms with Gasteiger partial charge in [-0.2, -0.15) is 18.4 Å². The van der Waals surface area contributed by atoms with E-state index in [1.165, 1.54) is 13.0 Å². The number of ether oxygens (including phenoxy) is 1. The number of benzene rings is 1. The minimum atomic E-state index is -4.98. The smallest absolute Gasteiger partial charge is 0.432 e. The van der Waals surface area contributed by atoms with E-state index >= 15 is 0 Å². The number of hydrogen-bond acceptors (Lipinski definition) is 4. The van der Waals surface area contributed by atoms with Gasteiger partial charge in [0, 0.05) is 5.69 Å². The van der Waals surface area contributed by atoms with Crippen molar-refractivity contribution >= 4 is 11.7 Å². The number of allylic oxidation sites excluding steroid dienone is 1. The van der Waals surface area contributed by atoms with Crippen LogP contribution < -0.4 is 5.32 Å². The number of anilines is 1. The van der Waals surface area contributed by atoms with E-state index in [-0.39, 0.29) is 12.3 Å². The first-order valence-electron chi connectivity index (χ1n) is 5.70. The Hall–Kier alpha value is -2.56. The van der Waals surface area contributed by atoms with Gasteiger partial charge in [0.25, 0.3) is 0 Å². The zero-order chi connectivity index (χ0) is 16.0. The Bertz CT molecular complexity index is 586. The van der Waals surface area contributed by atoms with Gasteiger partial charge in [-0.05, 0) is 31.2 Å². The van der Waals surface area contributed by atoms with Crippen LogP contribution in [0.1, 0.15) is 6.92 Å². The molecule has 1 N–H and O–H groups in total. The average molecular weight is 302 g/mol. The lowest BCUT2D eigenvalue weighted by molar-refractivity contribution is -0.139. The molecule has 0 aromatic heterocycles. The molecule has 0 amide bonds. The van der Waals surface area contributed by atoms with Gasteiger partial charge in [0.2, 0.25) is 0 Å². The molecule has 0 unspecified atom stereocenters. The molecule has 0 bridgehead atoms. The molecule has 0 atom stereocenters. The van der Waals surface area contributed by atoms with Gasteiger partial charge in [0.05, 0.1) is 6.61 Å². The highest BCUT2D eigenvalue weighted by molar-refractivity contribution is 5.94. The number of alkyl halides is 3. The topological polar surface area (TPSA) is 62.1 Å². The maximum absolute atomic E-state index is 13.0. The van der Waals surface area contributed by atoms with Crippen LogP contribution in [-0.4, -0.2) is 18.8 Å². The lowest BCUT2D eigenvalue weighted by Gasteiger charge is -2.15. The van der Waals surface area contributed by atoms with Gasteiger partial charge in [-0.3, -0.25) is 0 Å². The lowest BCUT2D eigenvalue weighted by atomic mass is 10.2. The predicted octanol–water partition coefficient (Wildman–Crippen LogP) is 3.14. The summed E-state index contributed by atoms with van der Waals surface area (Å²) in [6, 6.07) is 5.13. The van der Waals surface area contributed by atoms with Crippen molar-refractivity contribution < 1.29 is 27.1 Å². The highest BCUT2D eigenvalue weighted by atomic mass is 19.4. The van der Waals surface area contributed by atoms with Gasteiger partial charge in [0.15, 0.2) is 5.57 Å². The molecule has 0 saturated carbocycles. The highest BCUT2D eigenvalue weighted by Crippen LogP contribution is 2.30. The molecule has 0 fully saturated rings. The third kappa shape index (κ3) is 4.49. The first-order chi connectivity index (χ1) is 9.79. The standard InChI is InChI=1S/C13H10F4N2O2/c1-2-21-12(20)10(7-18)11(13(15,16)17)19-9-5-3-8(14)4-6-9/h3-6,19H,2H2,1H3. The molecule has 1 aromatic carbocycles. The van der Waals surface area contributed by atoms with E-state index in [0.29, 0.717) is 0 Å². The minimum Gasteiger partial charge on any atom is -0.462 e. The van der Waals surface area contributed by atoms with Crippen molar-refractivity contribution in [1.82, 2.24) is 0 Å². The number of hydrogen-bond donors (Lipinski definition) is 1. The largest absolute Gasteiger partial charge is 0.462 e. The molecule has 21 heavy (non-hydrogen) atoms. The molecule has 112 valence electrons. The van der Waals surface area contributed by atoms with Crippen LogP contribution >= 0.6 is 0 Å². The van der Waals surface area contributed by atoms with Crippen molar-refractivity contribution in [3.05, 3.63) is 41.4 Å². The van der Waals surface area contributed by atoms with E-state index in [1.54, 1.807) is 0 Å². The fraction of sp³-hybridized carbons (Fsp3) is 0.231. The van der Waals surface area contributed by atoms with Gasteiger partial charge in [-0.1, -0.05) is 0 Å². The van der Waals surface area contributed by atoms with Crippen LogP contribution in [0, 0.1) is 17.1 Å². The van der Waals surface area contributed by atoms with Crippen molar-refractivity contribution in [2.75, 3.05) is 11.9 Å². The molecule has 0 aliphatic heterocycles. The Morgan fingerprint density at radius 2 is 1.90 bits per heavy atom. The number of rotatable bonds is 4. The van der Waals surface area contributed by atoms with Gasteiger partial charge < -0.3 is 10.1 Å². The van der Waals surface area contributed by atoms with Crippen LogP contribution in [0.5, 0.6) is 0 Å². The normalized spacial score (nSPS) is 12.2. The first-order valence-corrected chi connectivity index (χ1v) is 5.70. The van der Waals surface area contributed by atoms with Gasteiger partial charge in [-0.25, -0.2) is 9.18 Å². The third-order valence-corrected chi connectivity index (χ3v) is 2.24. The second-order valence-corrected chi connectivity index (χ2v) is 3.71.